The molecular weight excluding hydrogens is 272 g/mol. The lowest BCUT2D eigenvalue weighted by Gasteiger charge is -2.12. The summed E-state index contributed by atoms with van der Waals surface area (Å²) < 4.78 is 5.14. The number of carbonyl (C=O) groups excluding carboxylic acids is 1. The van der Waals surface area contributed by atoms with Crippen molar-refractivity contribution in [3.63, 3.8) is 0 Å². The fourth-order valence-electron chi connectivity index (χ4n) is 2.87. The van der Waals surface area contributed by atoms with E-state index in [1.807, 2.05) is 6.92 Å². The molecule has 0 aromatic carbocycles. The van der Waals surface area contributed by atoms with Crippen LogP contribution in [-0.4, -0.2) is 24.1 Å². The van der Waals surface area contributed by atoms with Crippen molar-refractivity contribution in [2.75, 3.05) is 18.5 Å². The number of esters is 1. The molecule has 1 N–H and O–H groups in total. The number of carbonyl (C=O) groups is 1. The average Bonchev–Trinajstić information content (AvgIpc) is 2.95. The fraction of sp³-hybridized carbons (Fsp3) is 0.733. The van der Waals surface area contributed by atoms with Gasteiger partial charge in [0, 0.05) is 11.4 Å². The number of ether oxygens (including phenoxy) is 1. The third-order valence-electron chi connectivity index (χ3n) is 4.61. The second-order valence-electron chi connectivity index (χ2n) is 5.88. The van der Waals surface area contributed by atoms with Crippen molar-refractivity contribution < 1.29 is 9.53 Å². The zero-order valence-electron chi connectivity index (χ0n) is 12.2. The van der Waals surface area contributed by atoms with Crippen LogP contribution in [0.5, 0.6) is 0 Å². The number of rotatable bonds is 6. The molecular formula is C15H22N2O2S. The van der Waals surface area contributed by atoms with Gasteiger partial charge in [0.25, 0.3) is 0 Å². The number of hydrogen-bond acceptors (Lipinski definition) is 5. The lowest BCUT2D eigenvalue weighted by atomic mass is 10.0. The minimum absolute atomic E-state index is 0.115. The van der Waals surface area contributed by atoms with Crippen molar-refractivity contribution >= 4 is 22.4 Å². The van der Waals surface area contributed by atoms with Crippen LogP contribution < -0.4 is 5.32 Å². The van der Waals surface area contributed by atoms with E-state index < -0.39 is 0 Å². The van der Waals surface area contributed by atoms with Crippen LogP contribution >= 0.6 is 11.3 Å². The summed E-state index contributed by atoms with van der Waals surface area (Å²) in [5.74, 6) is -0.256. The SMILES string of the molecule is CCOC(=O)C1CCc2sc(NCC3(CC)CC3)nc21. The highest BCUT2D eigenvalue weighted by atomic mass is 32.1. The molecule has 1 heterocycles. The van der Waals surface area contributed by atoms with Gasteiger partial charge in [-0.2, -0.15) is 0 Å². The minimum atomic E-state index is -0.141. The Morgan fingerprint density at radius 3 is 2.95 bits per heavy atom. The molecule has 0 radical (unpaired) electrons. The van der Waals surface area contributed by atoms with Crippen molar-refractivity contribution in [2.24, 2.45) is 5.41 Å². The maximum atomic E-state index is 11.9. The number of hydrogen-bond donors (Lipinski definition) is 1. The summed E-state index contributed by atoms with van der Waals surface area (Å²) in [6.07, 6.45) is 5.69. The van der Waals surface area contributed by atoms with E-state index in [2.05, 4.69) is 17.2 Å². The van der Waals surface area contributed by atoms with Crippen LogP contribution in [0.2, 0.25) is 0 Å². The van der Waals surface area contributed by atoms with E-state index in [0.29, 0.717) is 12.0 Å². The van der Waals surface area contributed by atoms with Crippen LogP contribution in [0.3, 0.4) is 0 Å². The maximum absolute atomic E-state index is 11.9. The Bertz CT molecular complexity index is 508. The largest absolute Gasteiger partial charge is 0.465 e. The molecule has 0 bridgehead atoms. The van der Waals surface area contributed by atoms with E-state index in [0.717, 1.165) is 30.2 Å². The number of thiazole rings is 1. The van der Waals surface area contributed by atoms with Gasteiger partial charge in [0.1, 0.15) is 5.92 Å². The molecule has 110 valence electrons. The molecule has 4 nitrogen and oxygen atoms in total. The fourth-order valence-corrected chi connectivity index (χ4v) is 3.90. The topological polar surface area (TPSA) is 51.2 Å². The van der Waals surface area contributed by atoms with E-state index in [-0.39, 0.29) is 11.9 Å². The second kappa shape index (κ2) is 5.35. The predicted octanol–water partition coefficient (Wildman–Crippen LogP) is 3.34. The quantitative estimate of drug-likeness (QED) is 0.818. The van der Waals surface area contributed by atoms with Gasteiger partial charge in [0.2, 0.25) is 0 Å². The smallest absolute Gasteiger partial charge is 0.315 e. The van der Waals surface area contributed by atoms with Gasteiger partial charge in [-0.25, -0.2) is 4.98 Å². The number of nitrogens with one attached hydrogen (secondary N) is 1. The van der Waals surface area contributed by atoms with Gasteiger partial charge >= 0.3 is 5.97 Å². The number of aryl methyl sites for hydroxylation is 1. The van der Waals surface area contributed by atoms with Crippen molar-refractivity contribution in [2.45, 2.75) is 51.9 Å². The molecule has 2 aliphatic rings. The zero-order valence-corrected chi connectivity index (χ0v) is 13.0. The molecule has 0 spiro atoms. The molecule has 1 aromatic rings. The van der Waals surface area contributed by atoms with Crippen LogP contribution in [0.4, 0.5) is 5.13 Å². The summed E-state index contributed by atoms with van der Waals surface area (Å²) in [6.45, 7) is 5.56. The third kappa shape index (κ3) is 2.55. The van der Waals surface area contributed by atoms with Crippen molar-refractivity contribution in [3.05, 3.63) is 10.6 Å². The first-order valence-electron chi connectivity index (χ1n) is 7.57. The standard InChI is InChI=1S/C15H22N2O2S/c1-3-15(7-8-15)9-16-14-17-12-10(13(18)19-4-2)5-6-11(12)20-14/h10H,3-9H2,1-2H3,(H,16,17). The molecule has 1 fully saturated rings. The first kappa shape index (κ1) is 13.9. The Balaban J connectivity index is 1.65. The molecule has 5 heteroatoms. The Labute approximate surface area is 123 Å². The average molecular weight is 294 g/mol. The van der Waals surface area contributed by atoms with Crippen LogP contribution in [-0.2, 0) is 16.0 Å². The Morgan fingerprint density at radius 1 is 1.50 bits per heavy atom. The highest BCUT2D eigenvalue weighted by molar-refractivity contribution is 7.15. The summed E-state index contributed by atoms with van der Waals surface area (Å²) in [6, 6.07) is 0. The van der Waals surface area contributed by atoms with Gasteiger partial charge in [-0.1, -0.05) is 6.92 Å². The van der Waals surface area contributed by atoms with E-state index in [1.165, 1.54) is 24.1 Å². The number of fused-ring (bicyclic) bond motifs is 1. The van der Waals surface area contributed by atoms with E-state index in [4.69, 9.17) is 4.74 Å². The van der Waals surface area contributed by atoms with Crippen LogP contribution in [0.1, 0.15) is 56.0 Å². The first-order valence-corrected chi connectivity index (χ1v) is 8.39. The Kier molecular flexibility index (Phi) is 3.71. The first-order chi connectivity index (χ1) is 9.67. The summed E-state index contributed by atoms with van der Waals surface area (Å²) >= 11 is 1.71. The van der Waals surface area contributed by atoms with Crippen molar-refractivity contribution in [3.8, 4) is 0 Å². The van der Waals surface area contributed by atoms with E-state index in [9.17, 15) is 4.79 Å². The predicted molar refractivity (Wildman–Crippen MR) is 80.3 cm³/mol. The highest BCUT2D eigenvalue weighted by Gasteiger charge is 2.40. The zero-order chi connectivity index (χ0) is 14.2. The summed E-state index contributed by atoms with van der Waals surface area (Å²) in [4.78, 5) is 17.8. The second-order valence-corrected chi connectivity index (χ2v) is 6.96. The molecule has 20 heavy (non-hydrogen) atoms. The molecule has 1 atom stereocenters. The van der Waals surface area contributed by atoms with Gasteiger partial charge in [-0.3, -0.25) is 4.79 Å². The lowest BCUT2D eigenvalue weighted by Crippen LogP contribution is -2.16. The lowest BCUT2D eigenvalue weighted by molar-refractivity contribution is -0.145. The Hall–Kier alpha value is -1.10. The number of anilines is 1. The maximum Gasteiger partial charge on any atom is 0.315 e. The van der Waals surface area contributed by atoms with Crippen molar-refractivity contribution in [1.29, 1.82) is 0 Å². The monoisotopic (exact) mass is 294 g/mol. The van der Waals surface area contributed by atoms with Crippen LogP contribution in [0, 0.1) is 5.41 Å². The molecule has 1 saturated carbocycles. The molecule has 0 aliphatic heterocycles. The normalized spacial score (nSPS) is 22.4. The molecule has 0 saturated heterocycles. The summed E-state index contributed by atoms with van der Waals surface area (Å²) in [7, 11) is 0. The number of aromatic nitrogens is 1. The van der Waals surface area contributed by atoms with Gasteiger partial charge in [0.15, 0.2) is 5.13 Å². The Morgan fingerprint density at radius 2 is 2.30 bits per heavy atom. The van der Waals surface area contributed by atoms with Crippen LogP contribution in [0.15, 0.2) is 0 Å². The van der Waals surface area contributed by atoms with E-state index >= 15 is 0 Å². The number of nitrogens with zero attached hydrogens (tertiary/aromatic N) is 1. The molecule has 1 unspecified atom stereocenters. The molecule has 3 rings (SSSR count). The van der Waals surface area contributed by atoms with Crippen molar-refractivity contribution in [1.82, 2.24) is 4.98 Å². The highest BCUT2D eigenvalue weighted by Crippen LogP contribution is 2.49. The molecule has 2 aliphatic carbocycles. The van der Waals surface area contributed by atoms with Gasteiger partial charge < -0.3 is 10.1 Å². The summed E-state index contributed by atoms with van der Waals surface area (Å²) in [5.41, 5.74) is 1.47. The van der Waals surface area contributed by atoms with Crippen LogP contribution in [0.25, 0.3) is 0 Å². The molecule has 1 aromatic heterocycles. The third-order valence-corrected chi connectivity index (χ3v) is 5.70. The van der Waals surface area contributed by atoms with Gasteiger partial charge in [-0.05, 0) is 44.4 Å². The van der Waals surface area contributed by atoms with Gasteiger partial charge in [0.05, 0.1) is 12.3 Å². The van der Waals surface area contributed by atoms with Gasteiger partial charge in [-0.15, -0.1) is 11.3 Å². The van der Waals surface area contributed by atoms with E-state index in [1.54, 1.807) is 11.3 Å². The summed E-state index contributed by atoms with van der Waals surface area (Å²) in [5, 5.41) is 4.45. The minimum Gasteiger partial charge on any atom is -0.465 e. The molecule has 0 amide bonds.